The maximum Gasteiger partial charge on any atom is 0.224 e. The van der Waals surface area contributed by atoms with Crippen LogP contribution in [0.25, 0.3) is 0 Å². The molecule has 4 nitrogen and oxygen atoms in total. The number of amides is 1. The molecule has 1 aromatic rings. The van der Waals surface area contributed by atoms with Gasteiger partial charge in [0.25, 0.3) is 0 Å². The van der Waals surface area contributed by atoms with Crippen molar-refractivity contribution in [1.29, 1.82) is 0 Å². The summed E-state index contributed by atoms with van der Waals surface area (Å²) in [5.74, 6) is 1.89. The van der Waals surface area contributed by atoms with Crippen LogP contribution in [0.3, 0.4) is 0 Å². The molecule has 1 atom stereocenters. The van der Waals surface area contributed by atoms with Crippen molar-refractivity contribution in [2.75, 3.05) is 18.2 Å². The lowest BCUT2D eigenvalue weighted by Gasteiger charge is -2.07. The zero-order valence-electron chi connectivity index (χ0n) is 11.6. The molecule has 1 fully saturated rings. The molecule has 0 aromatic carbocycles. The first-order valence-corrected chi connectivity index (χ1v) is 9.24. The molecule has 1 saturated heterocycles. The number of anilines is 1. The van der Waals surface area contributed by atoms with E-state index >= 15 is 0 Å². The molecule has 2 heterocycles. The summed E-state index contributed by atoms with van der Waals surface area (Å²) in [5.41, 5.74) is 0.721. The second-order valence-corrected chi connectivity index (χ2v) is 7.50. The van der Waals surface area contributed by atoms with Gasteiger partial charge in [0, 0.05) is 23.5 Å². The maximum absolute atomic E-state index is 11.8. The van der Waals surface area contributed by atoms with Gasteiger partial charge in [0.2, 0.25) is 11.8 Å². The summed E-state index contributed by atoms with van der Waals surface area (Å²) in [4.78, 5) is 15.8. The Morgan fingerprint density at radius 3 is 3.05 bits per heavy atom. The standard InChI is InChI=1S/C14H20N2O2S2/c1-18-14-7-6-11(10-15-14)16-13(17)5-3-2-4-12-8-9-19-20-12/h6-7,10,12H,2-5,8-9H2,1H3,(H,16,17)/t12-/m0/s1. The summed E-state index contributed by atoms with van der Waals surface area (Å²) in [6.45, 7) is 0. The average molecular weight is 312 g/mol. The number of nitrogens with one attached hydrogen (secondary N) is 1. The minimum Gasteiger partial charge on any atom is -0.481 e. The van der Waals surface area contributed by atoms with Crippen molar-refractivity contribution < 1.29 is 9.53 Å². The summed E-state index contributed by atoms with van der Waals surface area (Å²) in [7, 11) is 5.55. The van der Waals surface area contributed by atoms with Crippen molar-refractivity contribution in [2.45, 2.75) is 37.4 Å². The van der Waals surface area contributed by atoms with Gasteiger partial charge in [-0.1, -0.05) is 28.0 Å². The van der Waals surface area contributed by atoms with E-state index in [1.165, 1.54) is 18.6 Å². The van der Waals surface area contributed by atoms with Crippen molar-refractivity contribution in [3.05, 3.63) is 18.3 Å². The Morgan fingerprint density at radius 2 is 2.40 bits per heavy atom. The van der Waals surface area contributed by atoms with E-state index in [1.807, 2.05) is 21.6 Å². The smallest absolute Gasteiger partial charge is 0.224 e. The van der Waals surface area contributed by atoms with Crippen LogP contribution in [0.2, 0.25) is 0 Å². The first-order valence-electron chi connectivity index (χ1n) is 6.86. The third kappa shape index (κ3) is 5.25. The van der Waals surface area contributed by atoms with Gasteiger partial charge in [-0.2, -0.15) is 0 Å². The zero-order chi connectivity index (χ0) is 14.2. The van der Waals surface area contributed by atoms with Gasteiger partial charge in [-0.3, -0.25) is 4.79 Å². The highest BCUT2D eigenvalue weighted by molar-refractivity contribution is 8.77. The van der Waals surface area contributed by atoms with E-state index in [4.69, 9.17) is 4.74 Å². The molecule has 110 valence electrons. The van der Waals surface area contributed by atoms with Crippen LogP contribution >= 0.6 is 21.6 Å². The largest absolute Gasteiger partial charge is 0.481 e. The molecule has 1 aromatic heterocycles. The van der Waals surface area contributed by atoms with Crippen LogP contribution in [-0.2, 0) is 4.79 Å². The summed E-state index contributed by atoms with van der Waals surface area (Å²) in [5, 5.41) is 3.66. The maximum atomic E-state index is 11.8. The number of hydrogen-bond acceptors (Lipinski definition) is 5. The van der Waals surface area contributed by atoms with Crippen LogP contribution in [0, 0.1) is 0 Å². The third-order valence-electron chi connectivity index (χ3n) is 3.14. The number of rotatable bonds is 7. The lowest BCUT2D eigenvalue weighted by Crippen LogP contribution is -2.11. The molecular formula is C14H20N2O2S2. The van der Waals surface area contributed by atoms with Crippen molar-refractivity contribution in [3.8, 4) is 5.88 Å². The highest BCUT2D eigenvalue weighted by Gasteiger charge is 2.15. The van der Waals surface area contributed by atoms with Gasteiger partial charge in [-0.05, 0) is 25.3 Å². The van der Waals surface area contributed by atoms with E-state index in [0.29, 0.717) is 12.3 Å². The molecule has 1 aliphatic heterocycles. The molecule has 0 unspecified atom stereocenters. The Labute approximate surface area is 127 Å². The van der Waals surface area contributed by atoms with Gasteiger partial charge < -0.3 is 10.1 Å². The van der Waals surface area contributed by atoms with Crippen molar-refractivity contribution >= 4 is 33.2 Å². The van der Waals surface area contributed by atoms with Crippen LogP contribution in [0.5, 0.6) is 5.88 Å². The highest BCUT2D eigenvalue weighted by Crippen LogP contribution is 2.39. The SMILES string of the molecule is COc1ccc(NC(=O)CCCC[C@H]2CCSS2)cn1. The Bertz CT molecular complexity index is 420. The number of nitrogens with zero attached hydrogens (tertiary/aromatic N) is 1. The molecule has 0 saturated carbocycles. The molecule has 1 amide bonds. The van der Waals surface area contributed by atoms with Crippen molar-refractivity contribution in [3.63, 3.8) is 0 Å². The van der Waals surface area contributed by atoms with E-state index in [9.17, 15) is 4.79 Å². The second kappa shape index (κ2) is 8.42. The summed E-state index contributed by atoms with van der Waals surface area (Å²) in [6.07, 6.45) is 6.83. The van der Waals surface area contributed by atoms with Crippen molar-refractivity contribution in [1.82, 2.24) is 4.98 Å². The van der Waals surface area contributed by atoms with Gasteiger partial charge >= 0.3 is 0 Å². The van der Waals surface area contributed by atoms with E-state index in [0.717, 1.165) is 23.8 Å². The minimum atomic E-state index is 0.0606. The quantitative estimate of drug-likeness (QED) is 0.614. The van der Waals surface area contributed by atoms with Crippen LogP contribution < -0.4 is 10.1 Å². The molecule has 0 radical (unpaired) electrons. The monoisotopic (exact) mass is 312 g/mol. The molecule has 0 bridgehead atoms. The first-order chi connectivity index (χ1) is 9.78. The Morgan fingerprint density at radius 1 is 1.50 bits per heavy atom. The molecule has 2 rings (SSSR count). The molecular weight excluding hydrogens is 292 g/mol. The van der Waals surface area contributed by atoms with Crippen LogP contribution in [0.15, 0.2) is 18.3 Å². The average Bonchev–Trinajstić information content (AvgIpc) is 2.98. The Hall–Kier alpha value is -0.880. The van der Waals surface area contributed by atoms with Gasteiger partial charge in [0.15, 0.2) is 0 Å². The van der Waals surface area contributed by atoms with E-state index in [2.05, 4.69) is 10.3 Å². The normalized spacial score (nSPS) is 17.9. The van der Waals surface area contributed by atoms with Gasteiger partial charge in [-0.25, -0.2) is 4.98 Å². The van der Waals surface area contributed by atoms with Gasteiger partial charge in [0.1, 0.15) is 0 Å². The van der Waals surface area contributed by atoms with Crippen LogP contribution in [0.1, 0.15) is 32.1 Å². The van der Waals surface area contributed by atoms with Gasteiger partial charge in [-0.15, -0.1) is 0 Å². The minimum absolute atomic E-state index is 0.0606. The third-order valence-corrected chi connectivity index (χ3v) is 6.14. The molecule has 1 aliphatic rings. The molecule has 1 N–H and O–H groups in total. The molecule has 0 aliphatic carbocycles. The highest BCUT2D eigenvalue weighted by atomic mass is 33.1. The summed E-state index contributed by atoms with van der Waals surface area (Å²) in [6, 6.07) is 3.54. The van der Waals surface area contributed by atoms with Gasteiger partial charge in [0.05, 0.1) is 19.0 Å². The lowest BCUT2D eigenvalue weighted by molar-refractivity contribution is -0.116. The molecule has 6 heteroatoms. The number of pyridine rings is 1. The number of carbonyl (C=O) groups excluding carboxylic acids is 1. The summed E-state index contributed by atoms with van der Waals surface area (Å²) < 4.78 is 4.97. The number of carbonyl (C=O) groups is 1. The van der Waals surface area contributed by atoms with E-state index in [1.54, 1.807) is 25.4 Å². The fraction of sp³-hybridized carbons (Fsp3) is 0.571. The van der Waals surface area contributed by atoms with Crippen molar-refractivity contribution in [2.24, 2.45) is 0 Å². The first kappa shape index (κ1) is 15.5. The number of methoxy groups -OCH3 is 1. The predicted molar refractivity (Wildman–Crippen MR) is 86.3 cm³/mol. The lowest BCUT2D eigenvalue weighted by atomic mass is 10.1. The molecule has 20 heavy (non-hydrogen) atoms. The van der Waals surface area contributed by atoms with E-state index in [-0.39, 0.29) is 5.91 Å². The summed E-state index contributed by atoms with van der Waals surface area (Å²) >= 11 is 0. The zero-order valence-corrected chi connectivity index (χ0v) is 13.3. The fourth-order valence-electron chi connectivity index (χ4n) is 2.02. The van der Waals surface area contributed by atoms with Crippen LogP contribution in [0.4, 0.5) is 5.69 Å². The molecule has 0 spiro atoms. The number of unbranched alkanes of at least 4 members (excludes halogenated alkanes) is 1. The Balaban J connectivity index is 1.61. The number of hydrogen-bond donors (Lipinski definition) is 1. The van der Waals surface area contributed by atoms with Crippen LogP contribution in [-0.4, -0.2) is 29.0 Å². The fourth-order valence-corrected chi connectivity index (χ4v) is 5.05. The second-order valence-electron chi connectivity index (χ2n) is 4.71. The van der Waals surface area contributed by atoms with E-state index < -0.39 is 0 Å². The predicted octanol–water partition coefficient (Wildman–Crippen LogP) is 3.74. The Kier molecular flexibility index (Phi) is 6.53. The topological polar surface area (TPSA) is 51.2 Å². The number of aromatic nitrogens is 1. The number of ether oxygens (including phenoxy) is 1.